The molecule has 1 aromatic rings. The molecule has 150 valence electrons. The smallest absolute Gasteiger partial charge is 0.330 e. The number of H-pyrrole nitrogens is 1. The second-order valence-corrected chi connectivity index (χ2v) is 7.68. The second kappa shape index (κ2) is 8.73. The van der Waals surface area contributed by atoms with Crippen LogP contribution in [0.15, 0.2) is 9.59 Å². The zero-order valence-electron chi connectivity index (χ0n) is 16.2. The summed E-state index contributed by atoms with van der Waals surface area (Å²) in [7, 11) is 0. The number of nitrogens with two attached hydrogens (primary N) is 1. The van der Waals surface area contributed by atoms with E-state index in [0.717, 1.165) is 64.5 Å². The van der Waals surface area contributed by atoms with Crippen molar-refractivity contribution in [2.75, 3.05) is 30.3 Å². The van der Waals surface area contributed by atoms with E-state index in [1.165, 1.54) is 4.57 Å². The fourth-order valence-corrected chi connectivity index (χ4v) is 4.23. The number of hydrogen-bond acceptors (Lipinski definition) is 5. The predicted octanol–water partition coefficient (Wildman–Crippen LogP) is 1.29. The van der Waals surface area contributed by atoms with Crippen molar-refractivity contribution in [2.45, 2.75) is 70.9 Å². The average molecular weight is 377 g/mol. The lowest BCUT2D eigenvalue weighted by Gasteiger charge is -2.31. The van der Waals surface area contributed by atoms with Crippen LogP contribution in [0.1, 0.15) is 58.3 Å². The van der Waals surface area contributed by atoms with Gasteiger partial charge in [0, 0.05) is 12.6 Å². The predicted molar refractivity (Wildman–Crippen MR) is 106 cm³/mol. The van der Waals surface area contributed by atoms with Crippen molar-refractivity contribution in [3.8, 4) is 0 Å². The lowest BCUT2D eigenvalue weighted by Crippen LogP contribution is -2.48. The minimum Gasteiger partial charge on any atom is -0.383 e. The van der Waals surface area contributed by atoms with Crippen molar-refractivity contribution < 1.29 is 4.79 Å². The quantitative estimate of drug-likeness (QED) is 0.745. The van der Waals surface area contributed by atoms with Gasteiger partial charge >= 0.3 is 5.69 Å². The summed E-state index contributed by atoms with van der Waals surface area (Å²) in [5, 5.41) is 0. The summed E-state index contributed by atoms with van der Waals surface area (Å²) >= 11 is 0. The van der Waals surface area contributed by atoms with Crippen LogP contribution >= 0.6 is 0 Å². The molecule has 1 aliphatic carbocycles. The summed E-state index contributed by atoms with van der Waals surface area (Å²) in [6.45, 7) is 4.57. The molecule has 0 atom stereocenters. The maximum Gasteiger partial charge on any atom is 0.330 e. The Kier molecular flexibility index (Phi) is 6.36. The monoisotopic (exact) mass is 377 g/mol. The minimum absolute atomic E-state index is 0.0272. The molecule has 27 heavy (non-hydrogen) atoms. The zero-order chi connectivity index (χ0) is 19.4. The first-order chi connectivity index (χ1) is 13.0. The Morgan fingerprint density at radius 3 is 2.48 bits per heavy atom. The van der Waals surface area contributed by atoms with Crippen LogP contribution in [-0.4, -0.2) is 46.0 Å². The first-order valence-corrected chi connectivity index (χ1v) is 10.2. The van der Waals surface area contributed by atoms with Gasteiger partial charge in [0.05, 0.1) is 6.54 Å². The topological polar surface area (TPSA) is 104 Å². The van der Waals surface area contributed by atoms with Gasteiger partial charge in [0.1, 0.15) is 5.82 Å². The highest BCUT2D eigenvalue weighted by molar-refractivity contribution is 5.97. The van der Waals surface area contributed by atoms with E-state index in [1.807, 2.05) is 6.92 Å². The van der Waals surface area contributed by atoms with Gasteiger partial charge in [0.2, 0.25) is 5.91 Å². The van der Waals surface area contributed by atoms with Gasteiger partial charge in [-0.3, -0.25) is 24.0 Å². The molecule has 3 N–H and O–H groups in total. The third-order valence-electron chi connectivity index (χ3n) is 5.71. The summed E-state index contributed by atoms with van der Waals surface area (Å²) in [5.74, 6) is 0.0144. The first-order valence-electron chi connectivity index (χ1n) is 10.2. The Labute approximate surface area is 159 Å². The van der Waals surface area contributed by atoms with Crippen LogP contribution in [0.4, 0.5) is 11.5 Å². The van der Waals surface area contributed by atoms with Crippen LogP contribution in [0.25, 0.3) is 0 Å². The summed E-state index contributed by atoms with van der Waals surface area (Å²) in [6.07, 6.45) is 7.66. The SMILES string of the molecule is CCCCn1c(N)c(N(C(=O)CN2CCCC2)C2CCCC2)c(=O)[nH]c1=O. The lowest BCUT2D eigenvalue weighted by molar-refractivity contribution is -0.120. The van der Waals surface area contributed by atoms with Crippen LogP contribution in [-0.2, 0) is 11.3 Å². The zero-order valence-corrected chi connectivity index (χ0v) is 16.2. The molecule has 8 heteroatoms. The van der Waals surface area contributed by atoms with E-state index in [9.17, 15) is 14.4 Å². The number of aromatic nitrogens is 2. The molecule has 3 rings (SSSR count). The fourth-order valence-electron chi connectivity index (χ4n) is 4.23. The van der Waals surface area contributed by atoms with Gasteiger partial charge in [-0.15, -0.1) is 0 Å². The van der Waals surface area contributed by atoms with Crippen molar-refractivity contribution in [1.29, 1.82) is 0 Å². The molecule has 1 saturated heterocycles. The molecule has 0 radical (unpaired) electrons. The number of aromatic amines is 1. The number of carbonyl (C=O) groups is 1. The van der Waals surface area contributed by atoms with E-state index < -0.39 is 11.2 Å². The highest BCUT2D eigenvalue weighted by Gasteiger charge is 2.33. The Morgan fingerprint density at radius 2 is 1.85 bits per heavy atom. The van der Waals surface area contributed by atoms with Crippen molar-refractivity contribution in [3.05, 3.63) is 20.8 Å². The molecule has 1 amide bonds. The molecular weight excluding hydrogens is 346 g/mol. The third kappa shape index (κ3) is 4.26. The summed E-state index contributed by atoms with van der Waals surface area (Å²) < 4.78 is 1.39. The number of carbonyl (C=O) groups excluding carboxylic acids is 1. The molecule has 0 bridgehead atoms. The van der Waals surface area contributed by atoms with Crippen LogP contribution in [0.2, 0.25) is 0 Å². The number of nitrogen functional groups attached to an aromatic ring is 1. The number of unbranched alkanes of at least 4 members (excludes halogenated alkanes) is 1. The van der Waals surface area contributed by atoms with Crippen molar-refractivity contribution in [2.24, 2.45) is 0 Å². The van der Waals surface area contributed by atoms with Gasteiger partial charge in [-0.1, -0.05) is 26.2 Å². The summed E-state index contributed by atoms with van der Waals surface area (Å²) in [6, 6.07) is -0.0272. The molecule has 2 fully saturated rings. The van der Waals surface area contributed by atoms with Gasteiger partial charge in [-0.2, -0.15) is 0 Å². The van der Waals surface area contributed by atoms with Gasteiger partial charge < -0.3 is 10.6 Å². The van der Waals surface area contributed by atoms with Crippen molar-refractivity contribution >= 4 is 17.4 Å². The number of nitrogens with zero attached hydrogens (tertiary/aromatic N) is 3. The second-order valence-electron chi connectivity index (χ2n) is 7.68. The number of rotatable bonds is 7. The van der Waals surface area contributed by atoms with E-state index in [0.29, 0.717) is 13.1 Å². The van der Waals surface area contributed by atoms with Gasteiger partial charge in [-0.05, 0) is 45.2 Å². The largest absolute Gasteiger partial charge is 0.383 e. The molecule has 1 aliphatic heterocycles. The van der Waals surface area contributed by atoms with Crippen LogP contribution < -0.4 is 21.9 Å². The number of nitrogens with one attached hydrogen (secondary N) is 1. The Balaban J connectivity index is 1.99. The lowest BCUT2D eigenvalue weighted by atomic mass is 10.2. The maximum absolute atomic E-state index is 13.2. The van der Waals surface area contributed by atoms with E-state index in [4.69, 9.17) is 5.73 Å². The van der Waals surface area contributed by atoms with E-state index in [2.05, 4.69) is 9.88 Å². The van der Waals surface area contributed by atoms with E-state index >= 15 is 0 Å². The number of hydrogen-bond donors (Lipinski definition) is 2. The van der Waals surface area contributed by atoms with Crippen LogP contribution in [0.5, 0.6) is 0 Å². The molecule has 0 unspecified atom stereocenters. The van der Waals surface area contributed by atoms with Gasteiger partial charge in [-0.25, -0.2) is 4.79 Å². The van der Waals surface area contributed by atoms with Crippen LogP contribution in [0.3, 0.4) is 0 Å². The fraction of sp³-hybridized carbons (Fsp3) is 0.737. The Hall–Kier alpha value is -2.09. The Bertz CT molecular complexity index is 773. The highest BCUT2D eigenvalue weighted by Crippen LogP contribution is 2.29. The third-order valence-corrected chi connectivity index (χ3v) is 5.71. The number of anilines is 2. The highest BCUT2D eigenvalue weighted by atomic mass is 16.2. The molecule has 8 nitrogen and oxygen atoms in total. The molecule has 0 spiro atoms. The molecule has 2 heterocycles. The number of amides is 1. The summed E-state index contributed by atoms with van der Waals surface area (Å²) in [4.78, 5) is 44.2. The van der Waals surface area contributed by atoms with Crippen molar-refractivity contribution in [1.82, 2.24) is 14.5 Å². The standard InChI is InChI=1S/C19H31N5O3/c1-2-3-12-23-17(20)16(18(26)21-19(23)27)24(14-8-4-5-9-14)15(25)13-22-10-6-7-11-22/h14H,2-13,20H2,1H3,(H,21,26,27). The molecule has 0 aromatic carbocycles. The summed E-state index contributed by atoms with van der Waals surface area (Å²) in [5.41, 5.74) is 5.36. The van der Waals surface area contributed by atoms with E-state index in [-0.39, 0.29) is 23.5 Å². The van der Waals surface area contributed by atoms with Crippen molar-refractivity contribution in [3.63, 3.8) is 0 Å². The first kappa shape index (κ1) is 19.7. The van der Waals surface area contributed by atoms with Gasteiger partial charge in [0.15, 0.2) is 5.69 Å². The maximum atomic E-state index is 13.2. The normalized spacial score (nSPS) is 18.3. The Morgan fingerprint density at radius 1 is 1.19 bits per heavy atom. The molecular formula is C19H31N5O3. The van der Waals surface area contributed by atoms with E-state index in [1.54, 1.807) is 4.90 Å². The number of likely N-dealkylation sites (tertiary alicyclic amines) is 1. The molecule has 2 aliphatic rings. The average Bonchev–Trinajstić information content (AvgIpc) is 3.32. The van der Waals surface area contributed by atoms with Gasteiger partial charge in [0.25, 0.3) is 5.56 Å². The molecule has 1 aromatic heterocycles. The molecule has 1 saturated carbocycles. The minimum atomic E-state index is -0.563. The van der Waals surface area contributed by atoms with Crippen LogP contribution in [0, 0.1) is 0 Å².